The number of nitriles is 1. The maximum atomic E-state index is 10.6. The minimum atomic E-state index is -0.459. The third kappa shape index (κ3) is 4.23. The third-order valence-electron chi connectivity index (χ3n) is 2.87. The van der Waals surface area contributed by atoms with E-state index in [2.05, 4.69) is 11.4 Å². The number of hydrogen-bond acceptors (Lipinski definition) is 5. The van der Waals surface area contributed by atoms with Gasteiger partial charge in [0.1, 0.15) is 5.75 Å². The van der Waals surface area contributed by atoms with Crippen molar-refractivity contribution in [1.29, 1.82) is 5.26 Å². The molecule has 1 unspecified atom stereocenters. The number of nitro groups is 1. The number of ether oxygens (including phenoxy) is 1. The molecular formula is C13H15N3O3. The van der Waals surface area contributed by atoms with E-state index in [1.54, 1.807) is 12.1 Å². The number of nitrogens with zero attached hydrogens (tertiary/aromatic N) is 2. The quantitative estimate of drug-likeness (QED) is 0.599. The van der Waals surface area contributed by atoms with E-state index in [-0.39, 0.29) is 11.7 Å². The van der Waals surface area contributed by atoms with E-state index in [0.29, 0.717) is 24.8 Å². The number of hydrogen-bond donors (Lipinski definition) is 1. The van der Waals surface area contributed by atoms with Crippen LogP contribution in [0, 0.1) is 21.4 Å². The van der Waals surface area contributed by atoms with E-state index < -0.39 is 4.92 Å². The Kier molecular flexibility index (Phi) is 4.31. The Morgan fingerprint density at radius 3 is 3.00 bits per heavy atom. The lowest BCUT2D eigenvalue weighted by molar-refractivity contribution is -0.384. The molecule has 1 aromatic rings. The van der Waals surface area contributed by atoms with Crippen molar-refractivity contribution in [2.24, 2.45) is 0 Å². The molecule has 0 saturated heterocycles. The monoisotopic (exact) mass is 261 g/mol. The van der Waals surface area contributed by atoms with Crippen molar-refractivity contribution in [2.45, 2.75) is 31.3 Å². The maximum absolute atomic E-state index is 10.6. The van der Waals surface area contributed by atoms with Crippen LogP contribution in [-0.2, 0) is 0 Å². The first-order valence-electron chi connectivity index (χ1n) is 6.22. The molecule has 0 radical (unpaired) electrons. The molecule has 0 aromatic heterocycles. The van der Waals surface area contributed by atoms with Gasteiger partial charge in [0.05, 0.1) is 29.7 Å². The molecule has 1 aromatic carbocycles. The van der Waals surface area contributed by atoms with Gasteiger partial charge >= 0.3 is 0 Å². The van der Waals surface area contributed by atoms with Gasteiger partial charge in [-0.25, -0.2) is 0 Å². The Bertz CT molecular complexity index is 494. The number of nitro benzene ring substituents is 1. The summed E-state index contributed by atoms with van der Waals surface area (Å²) < 4.78 is 5.44. The predicted molar refractivity (Wildman–Crippen MR) is 68.8 cm³/mol. The summed E-state index contributed by atoms with van der Waals surface area (Å²) in [4.78, 5) is 10.1. The van der Waals surface area contributed by atoms with Crippen LogP contribution in [0.2, 0.25) is 0 Å². The highest BCUT2D eigenvalue weighted by Crippen LogP contribution is 2.21. The van der Waals surface area contributed by atoms with Crippen molar-refractivity contribution < 1.29 is 9.66 Å². The van der Waals surface area contributed by atoms with Crippen molar-refractivity contribution in [1.82, 2.24) is 5.32 Å². The lowest BCUT2D eigenvalue weighted by atomic mass is 10.2. The highest BCUT2D eigenvalue weighted by molar-refractivity contribution is 5.37. The molecule has 0 aliphatic heterocycles. The Labute approximate surface area is 111 Å². The van der Waals surface area contributed by atoms with Gasteiger partial charge in [-0.15, -0.1) is 0 Å². The van der Waals surface area contributed by atoms with Crippen LogP contribution in [0.5, 0.6) is 5.75 Å². The summed E-state index contributed by atoms with van der Waals surface area (Å²) in [7, 11) is 0. The fourth-order valence-electron chi connectivity index (χ4n) is 1.70. The largest absolute Gasteiger partial charge is 0.493 e. The minimum absolute atomic E-state index is 0.00504. The Balaban J connectivity index is 1.79. The molecule has 6 heteroatoms. The molecule has 6 nitrogen and oxygen atoms in total. The van der Waals surface area contributed by atoms with Gasteiger partial charge in [-0.1, -0.05) is 6.07 Å². The SMILES string of the molecule is N#CC(CCOc1cccc([N+](=O)[O-])c1)NC1CC1. The summed E-state index contributed by atoms with van der Waals surface area (Å²) in [5.74, 6) is 0.456. The molecule has 100 valence electrons. The summed E-state index contributed by atoms with van der Waals surface area (Å²) in [5.41, 5.74) is 0.00504. The third-order valence-corrected chi connectivity index (χ3v) is 2.87. The van der Waals surface area contributed by atoms with Crippen LogP contribution in [-0.4, -0.2) is 23.6 Å². The molecule has 0 bridgehead atoms. The van der Waals surface area contributed by atoms with Crippen molar-refractivity contribution in [2.75, 3.05) is 6.61 Å². The summed E-state index contributed by atoms with van der Waals surface area (Å²) >= 11 is 0. The Morgan fingerprint density at radius 2 is 2.37 bits per heavy atom. The van der Waals surface area contributed by atoms with Crippen LogP contribution < -0.4 is 10.1 Å². The first-order valence-corrected chi connectivity index (χ1v) is 6.22. The van der Waals surface area contributed by atoms with Crippen molar-refractivity contribution in [3.05, 3.63) is 34.4 Å². The predicted octanol–water partition coefficient (Wildman–Crippen LogP) is 2.01. The molecule has 0 heterocycles. The highest BCUT2D eigenvalue weighted by Gasteiger charge is 2.24. The van der Waals surface area contributed by atoms with Gasteiger partial charge in [0.15, 0.2) is 0 Å². The highest BCUT2D eigenvalue weighted by atomic mass is 16.6. The molecule has 2 rings (SSSR count). The molecule has 1 N–H and O–H groups in total. The molecule has 1 atom stereocenters. The maximum Gasteiger partial charge on any atom is 0.273 e. The second-order valence-corrected chi connectivity index (χ2v) is 4.51. The summed E-state index contributed by atoms with van der Waals surface area (Å²) in [6.07, 6.45) is 2.82. The van der Waals surface area contributed by atoms with Crippen LogP contribution in [0.15, 0.2) is 24.3 Å². The van der Waals surface area contributed by atoms with E-state index in [9.17, 15) is 10.1 Å². The zero-order valence-electron chi connectivity index (χ0n) is 10.4. The van der Waals surface area contributed by atoms with E-state index in [1.165, 1.54) is 12.1 Å². The van der Waals surface area contributed by atoms with Crippen molar-refractivity contribution >= 4 is 5.69 Å². The van der Waals surface area contributed by atoms with E-state index >= 15 is 0 Å². The molecule has 1 fully saturated rings. The van der Waals surface area contributed by atoms with Gasteiger partial charge in [0, 0.05) is 18.5 Å². The molecule has 1 aliphatic carbocycles. The number of benzene rings is 1. The average molecular weight is 261 g/mol. The Hall–Kier alpha value is -2.13. The topological polar surface area (TPSA) is 88.2 Å². The second-order valence-electron chi connectivity index (χ2n) is 4.51. The minimum Gasteiger partial charge on any atom is -0.493 e. The van der Waals surface area contributed by atoms with Gasteiger partial charge in [0.2, 0.25) is 0 Å². The standard InChI is InChI=1S/C13H15N3O3/c14-9-11(15-10-4-5-10)6-7-19-13-3-1-2-12(8-13)16(17)18/h1-3,8,10-11,15H,4-7H2. The molecular weight excluding hydrogens is 246 g/mol. The fraction of sp³-hybridized carbons (Fsp3) is 0.462. The molecule has 1 aliphatic rings. The smallest absolute Gasteiger partial charge is 0.273 e. The molecule has 1 saturated carbocycles. The number of non-ortho nitro benzene ring substituents is 1. The first-order chi connectivity index (χ1) is 9.19. The van der Waals surface area contributed by atoms with Crippen LogP contribution in [0.3, 0.4) is 0 Å². The van der Waals surface area contributed by atoms with Gasteiger partial charge in [-0.3, -0.25) is 15.4 Å². The number of nitrogens with one attached hydrogen (secondary N) is 1. The van der Waals surface area contributed by atoms with Crippen molar-refractivity contribution in [3.8, 4) is 11.8 Å². The van der Waals surface area contributed by atoms with Gasteiger partial charge in [-0.2, -0.15) is 5.26 Å². The number of rotatable bonds is 7. The lowest BCUT2D eigenvalue weighted by Gasteiger charge is -2.11. The van der Waals surface area contributed by atoms with E-state index in [1.807, 2.05) is 0 Å². The van der Waals surface area contributed by atoms with Gasteiger partial charge in [0.25, 0.3) is 5.69 Å². The fourth-order valence-corrected chi connectivity index (χ4v) is 1.70. The average Bonchev–Trinajstić information content (AvgIpc) is 3.22. The second kappa shape index (κ2) is 6.16. The van der Waals surface area contributed by atoms with E-state index in [4.69, 9.17) is 10.00 Å². The van der Waals surface area contributed by atoms with Gasteiger partial charge < -0.3 is 4.74 Å². The molecule has 0 amide bonds. The zero-order chi connectivity index (χ0) is 13.7. The van der Waals surface area contributed by atoms with Crippen LogP contribution in [0.1, 0.15) is 19.3 Å². The van der Waals surface area contributed by atoms with Crippen LogP contribution in [0.25, 0.3) is 0 Å². The summed E-state index contributed by atoms with van der Waals surface area (Å²) in [6, 6.07) is 8.50. The zero-order valence-corrected chi connectivity index (χ0v) is 10.4. The van der Waals surface area contributed by atoms with Gasteiger partial charge in [-0.05, 0) is 18.9 Å². The molecule has 0 spiro atoms. The van der Waals surface area contributed by atoms with Crippen molar-refractivity contribution in [3.63, 3.8) is 0 Å². The Morgan fingerprint density at radius 1 is 1.58 bits per heavy atom. The normalized spacial score (nSPS) is 15.5. The van der Waals surface area contributed by atoms with Crippen LogP contribution in [0.4, 0.5) is 5.69 Å². The molecule has 19 heavy (non-hydrogen) atoms. The van der Waals surface area contributed by atoms with Crippen LogP contribution >= 0.6 is 0 Å². The lowest BCUT2D eigenvalue weighted by Crippen LogP contribution is -2.31. The summed E-state index contributed by atoms with van der Waals surface area (Å²) in [5, 5.41) is 22.8. The van der Waals surface area contributed by atoms with E-state index in [0.717, 1.165) is 12.8 Å². The summed E-state index contributed by atoms with van der Waals surface area (Å²) in [6.45, 7) is 0.360. The first kappa shape index (κ1) is 13.3.